The SMILES string of the molecule is CC1C(O)N(c2nnn[nH]2)C(=O)N1C. The van der Waals surface area contributed by atoms with Crippen molar-refractivity contribution >= 4 is 12.0 Å². The van der Waals surface area contributed by atoms with E-state index in [4.69, 9.17) is 0 Å². The lowest BCUT2D eigenvalue weighted by molar-refractivity contribution is 0.137. The van der Waals surface area contributed by atoms with E-state index in [9.17, 15) is 9.90 Å². The number of nitrogens with zero attached hydrogens (tertiary/aromatic N) is 5. The fourth-order valence-electron chi connectivity index (χ4n) is 1.35. The zero-order valence-corrected chi connectivity index (χ0v) is 7.75. The van der Waals surface area contributed by atoms with Gasteiger partial charge < -0.3 is 10.0 Å². The number of hydrogen-bond acceptors (Lipinski definition) is 5. The quantitative estimate of drug-likeness (QED) is 0.589. The highest BCUT2D eigenvalue weighted by molar-refractivity contribution is 5.93. The molecule has 0 spiro atoms. The number of aliphatic hydroxyl groups excluding tert-OH is 1. The number of hydrogen-bond donors (Lipinski definition) is 2. The number of tetrazole rings is 1. The fraction of sp³-hybridized carbons (Fsp3) is 0.667. The van der Waals surface area contributed by atoms with E-state index in [1.165, 1.54) is 4.90 Å². The molecule has 1 aromatic rings. The van der Waals surface area contributed by atoms with Gasteiger partial charge in [-0.2, -0.15) is 0 Å². The second kappa shape index (κ2) is 2.91. The van der Waals surface area contributed by atoms with Gasteiger partial charge in [0.25, 0.3) is 5.95 Å². The monoisotopic (exact) mass is 198 g/mol. The number of urea groups is 1. The number of amides is 2. The Bertz CT molecular complexity index is 338. The molecule has 76 valence electrons. The molecular weight excluding hydrogens is 188 g/mol. The third kappa shape index (κ3) is 1.04. The summed E-state index contributed by atoms with van der Waals surface area (Å²) >= 11 is 0. The van der Waals surface area contributed by atoms with E-state index in [0.29, 0.717) is 0 Å². The summed E-state index contributed by atoms with van der Waals surface area (Å²) in [6.07, 6.45) is -0.928. The lowest BCUT2D eigenvalue weighted by atomic mass is 10.3. The fourth-order valence-corrected chi connectivity index (χ4v) is 1.35. The van der Waals surface area contributed by atoms with Crippen molar-refractivity contribution in [3.8, 4) is 0 Å². The molecule has 8 nitrogen and oxygen atoms in total. The van der Waals surface area contributed by atoms with E-state index in [1.54, 1.807) is 14.0 Å². The number of aliphatic hydroxyl groups is 1. The van der Waals surface area contributed by atoms with E-state index in [-0.39, 0.29) is 18.0 Å². The van der Waals surface area contributed by atoms with E-state index < -0.39 is 6.23 Å². The van der Waals surface area contributed by atoms with Gasteiger partial charge in [0.1, 0.15) is 0 Å². The second-order valence-electron chi connectivity index (χ2n) is 3.14. The van der Waals surface area contributed by atoms with Crippen molar-refractivity contribution < 1.29 is 9.90 Å². The van der Waals surface area contributed by atoms with Crippen LogP contribution in [0.4, 0.5) is 10.7 Å². The molecule has 0 aromatic carbocycles. The van der Waals surface area contributed by atoms with Crippen LogP contribution in [0.2, 0.25) is 0 Å². The molecule has 0 bridgehead atoms. The van der Waals surface area contributed by atoms with E-state index in [0.717, 1.165) is 4.90 Å². The number of H-pyrrole nitrogens is 1. The highest BCUT2D eigenvalue weighted by Gasteiger charge is 2.42. The van der Waals surface area contributed by atoms with Crippen LogP contribution in [0.5, 0.6) is 0 Å². The van der Waals surface area contributed by atoms with Crippen molar-refractivity contribution in [1.82, 2.24) is 25.5 Å². The summed E-state index contributed by atoms with van der Waals surface area (Å²) in [5.74, 6) is 0.152. The Kier molecular flexibility index (Phi) is 1.84. The van der Waals surface area contributed by atoms with Gasteiger partial charge in [-0.05, 0) is 17.4 Å². The van der Waals surface area contributed by atoms with Crippen LogP contribution >= 0.6 is 0 Å². The van der Waals surface area contributed by atoms with Gasteiger partial charge in [-0.3, -0.25) is 0 Å². The first kappa shape index (κ1) is 8.88. The predicted molar refractivity (Wildman–Crippen MR) is 45.3 cm³/mol. The Balaban J connectivity index is 2.33. The first-order valence-corrected chi connectivity index (χ1v) is 4.10. The van der Waals surface area contributed by atoms with E-state index >= 15 is 0 Å². The van der Waals surface area contributed by atoms with Crippen molar-refractivity contribution in [3.63, 3.8) is 0 Å². The molecule has 1 aliphatic rings. The van der Waals surface area contributed by atoms with Gasteiger partial charge in [-0.1, -0.05) is 5.10 Å². The first-order chi connectivity index (χ1) is 6.63. The molecule has 14 heavy (non-hydrogen) atoms. The number of nitrogens with one attached hydrogen (secondary N) is 1. The Morgan fingerprint density at radius 1 is 1.57 bits per heavy atom. The summed E-state index contributed by atoms with van der Waals surface area (Å²) in [7, 11) is 1.61. The van der Waals surface area contributed by atoms with Crippen molar-refractivity contribution in [2.45, 2.75) is 19.2 Å². The molecule has 1 saturated heterocycles. The Morgan fingerprint density at radius 3 is 2.71 bits per heavy atom. The van der Waals surface area contributed by atoms with Crippen LogP contribution < -0.4 is 4.90 Å². The van der Waals surface area contributed by atoms with Crippen molar-refractivity contribution in [3.05, 3.63) is 0 Å². The average Bonchev–Trinajstić information content (AvgIpc) is 2.73. The molecule has 2 rings (SSSR count). The molecule has 2 unspecified atom stereocenters. The van der Waals surface area contributed by atoms with Crippen LogP contribution in [-0.4, -0.2) is 56.0 Å². The molecule has 2 atom stereocenters. The zero-order valence-electron chi connectivity index (χ0n) is 7.75. The third-order valence-corrected chi connectivity index (χ3v) is 2.38. The molecule has 2 amide bonds. The Morgan fingerprint density at radius 2 is 2.29 bits per heavy atom. The Labute approximate surface area is 79.5 Å². The zero-order chi connectivity index (χ0) is 10.3. The van der Waals surface area contributed by atoms with Crippen LogP contribution in [-0.2, 0) is 0 Å². The number of anilines is 1. The number of aromatic amines is 1. The maximum Gasteiger partial charge on any atom is 0.329 e. The molecule has 0 radical (unpaired) electrons. The predicted octanol–water partition coefficient (Wildman–Crippen LogP) is -1.22. The van der Waals surface area contributed by atoms with Crippen LogP contribution in [0.15, 0.2) is 0 Å². The molecule has 2 N–H and O–H groups in total. The highest BCUT2D eigenvalue weighted by Crippen LogP contribution is 2.22. The number of rotatable bonds is 1. The van der Waals surface area contributed by atoms with E-state index in [1.807, 2.05) is 0 Å². The lowest BCUT2D eigenvalue weighted by Crippen LogP contribution is -2.36. The maximum atomic E-state index is 11.6. The molecule has 1 fully saturated rings. The Hall–Kier alpha value is -1.70. The number of carbonyl (C=O) groups is 1. The summed E-state index contributed by atoms with van der Waals surface area (Å²) in [4.78, 5) is 14.1. The summed E-state index contributed by atoms with van der Waals surface area (Å²) in [6.45, 7) is 1.74. The average molecular weight is 198 g/mol. The number of carbonyl (C=O) groups excluding carboxylic acids is 1. The van der Waals surface area contributed by atoms with Crippen LogP contribution in [0.25, 0.3) is 0 Å². The summed E-state index contributed by atoms with van der Waals surface area (Å²) in [5, 5.41) is 22.4. The summed E-state index contributed by atoms with van der Waals surface area (Å²) in [6, 6.07) is -0.615. The van der Waals surface area contributed by atoms with Crippen molar-refractivity contribution in [2.75, 3.05) is 11.9 Å². The summed E-state index contributed by atoms with van der Waals surface area (Å²) < 4.78 is 0. The topological polar surface area (TPSA) is 98.2 Å². The normalized spacial score (nSPS) is 27.5. The van der Waals surface area contributed by atoms with Crippen molar-refractivity contribution in [1.29, 1.82) is 0 Å². The largest absolute Gasteiger partial charge is 0.371 e. The van der Waals surface area contributed by atoms with E-state index in [2.05, 4.69) is 20.6 Å². The van der Waals surface area contributed by atoms with Gasteiger partial charge in [0.05, 0.1) is 6.04 Å². The molecule has 1 aliphatic heterocycles. The lowest BCUT2D eigenvalue weighted by Gasteiger charge is -2.15. The van der Waals surface area contributed by atoms with Gasteiger partial charge in [0.15, 0.2) is 6.23 Å². The minimum atomic E-state index is -0.928. The minimum Gasteiger partial charge on any atom is -0.371 e. The molecule has 0 aliphatic carbocycles. The third-order valence-electron chi connectivity index (χ3n) is 2.38. The number of likely N-dealkylation sites (N-methyl/N-ethyl adjacent to an activating group) is 1. The minimum absolute atomic E-state index is 0.152. The number of aromatic nitrogens is 4. The second-order valence-corrected chi connectivity index (χ2v) is 3.14. The van der Waals surface area contributed by atoms with Gasteiger partial charge in [-0.15, -0.1) is 0 Å². The molecule has 1 aromatic heterocycles. The van der Waals surface area contributed by atoms with Gasteiger partial charge in [-0.25, -0.2) is 14.8 Å². The van der Waals surface area contributed by atoms with Crippen molar-refractivity contribution in [2.24, 2.45) is 0 Å². The maximum absolute atomic E-state index is 11.6. The molecule has 0 saturated carbocycles. The molecular formula is C6H10N6O2. The van der Waals surface area contributed by atoms with Crippen LogP contribution in [0, 0.1) is 0 Å². The summed E-state index contributed by atoms with van der Waals surface area (Å²) in [5.41, 5.74) is 0. The first-order valence-electron chi connectivity index (χ1n) is 4.10. The smallest absolute Gasteiger partial charge is 0.329 e. The van der Waals surface area contributed by atoms with Crippen LogP contribution in [0.3, 0.4) is 0 Å². The van der Waals surface area contributed by atoms with Crippen LogP contribution in [0.1, 0.15) is 6.92 Å². The highest BCUT2D eigenvalue weighted by atomic mass is 16.3. The molecule has 8 heteroatoms. The molecule has 2 heterocycles. The standard InChI is InChI=1S/C6H10N6O2/c1-3-4(13)12(6(14)11(3)2)5-7-9-10-8-5/h3-4,13H,1-2H3,(H,7,8,9,10). The van der Waals surface area contributed by atoms with Gasteiger partial charge in [0.2, 0.25) is 0 Å². The van der Waals surface area contributed by atoms with Gasteiger partial charge in [0, 0.05) is 7.05 Å². The van der Waals surface area contributed by atoms with Gasteiger partial charge >= 0.3 is 6.03 Å².